The van der Waals surface area contributed by atoms with Crippen LogP contribution in [-0.2, 0) is 14.4 Å². The van der Waals surface area contributed by atoms with Gasteiger partial charge in [-0.3, -0.25) is 14.8 Å². The van der Waals surface area contributed by atoms with Crippen LogP contribution >= 0.6 is 0 Å². The molecule has 0 aromatic heterocycles. The number of hydrogen-bond acceptors (Lipinski definition) is 5. The van der Waals surface area contributed by atoms with Crippen LogP contribution in [0.1, 0.15) is 64.7 Å². The molecule has 2 aliphatic carbocycles. The lowest BCUT2D eigenvalue weighted by Gasteiger charge is -2.42. The molecule has 0 aromatic rings. The average Bonchev–Trinajstić information content (AvgIpc) is 3.26. The van der Waals surface area contributed by atoms with Gasteiger partial charge in [0.25, 0.3) is 0 Å². The highest BCUT2D eigenvalue weighted by Crippen LogP contribution is 2.46. The lowest BCUT2D eigenvalue weighted by Crippen LogP contribution is -2.72. The molecule has 3 fully saturated rings. The zero-order valence-corrected chi connectivity index (χ0v) is 16.6. The number of urea groups is 1. The van der Waals surface area contributed by atoms with Crippen molar-refractivity contribution in [1.29, 1.82) is 0 Å². The molecule has 2 saturated carbocycles. The van der Waals surface area contributed by atoms with Crippen LogP contribution in [0.5, 0.6) is 0 Å². The number of primary amides is 1. The fourth-order valence-corrected chi connectivity index (χ4v) is 5.49. The predicted octanol–water partition coefficient (Wildman–Crippen LogP) is 1.98. The molecule has 4 amide bonds. The minimum absolute atomic E-state index is 0.0481. The van der Waals surface area contributed by atoms with Crippen LogP contribution in [0.15, 0.2) is 0 Å². The van der Waals surface area contributed by atoms with Crippen molar-refractivity contribution in [3.63, 3.8) is 0 Å². The standard InChI is InChI=1S/C20H31N3O5/c1-20(17(25)15-7-8-15)9-4-10-23(20,19(21)27)18(26)16(12-22(28)13-24)11-14-5-2-3-6-14/h13-16,28H,2-12H2,1H3,(H-,21,27)/p+1/t16-,20-,23?/m1/s1. The van der Waals surface area contributed by atoms with Crippen molar-refractivity contribution < 1.29 is 28.9 Å². The zero-order chi connectivity index (χ0) is 20.5. The van der Waals surface area contributed by atoms with Crippen LogP contribution in [0.3, 0.4) is 0 Å². The molecule has 0 radical (unpaired) electrons. The third kappa shape index (κ3) is 3.48. The van der Waals surface area contributed by atoms with Gasteiger partial charge < -0.3 is 5.73 Å². The van der Waals surface area contributed by atoms with E-state index in [1.54, 1.807) is 6.92 Å². The van der Waals surface area contributed by atoms with Crippen molar-refractivity contribution in [2.75, 3.05) is 13.1 Å². The van der Waals surface area contributed by atoms with E-state index in [1.165, 1.54) is 0 Å². The van der Waals surface area contributed by atoms with Gasteiger partial charge in [0.1, 0.15) is 0 Å². The van der Waals surface area contributed by atoms with E-state index in [4.69, 9.17) is 5.73 Å². The summed E-state index contributed by atoms with van der Waals surface area (Å²) in [6.07, 6.45) is 7.53. The molecule has 1 aliphatic heterocycles. The highest BCUT2D eigenvalue weighted by Gasteiger charge is 2.67. The molecular formula is C20H32N3O5+. The smallest absolute Gasteiger partial charge is 0.318 e. The molecule has 8 heteroatoms. The lowest BCUT2D eigenvalue weighted by molar-refractivity contribution is -0.803. The van der Waals surface area contributed by atoms with Gasteiger partial charge in [0, 0.05) is 18.8 Å². The van der Waals surface area contributed by atoms with Gasteiger partial charge in [-0.25, -0.2) is 14.7 Å². The lowest BCUT2D eigenvalue weighted by atomic mass is 9.85. The van der Waals surface area contributed by atoms with E-state index in [2.05, 4.69) is 0 Å². The second-order valence-electron chi connectivity index (χ2n) is 9.04. The van der Waals surface area contributed by atoms with Crippen molar-refractivity contribution in [3.05, 3.63) is 0 Å². The summed E-state index contributed by atoms with van der Waals surface area (Å²) in [5.74, 6) is -0.974. The molecule has 0 bridgehead atoms. The third-order valence-electron chi connectivity index (χ3n) is 7.20. The number of rotatable bonds is 8. The van der Waals surface area contributed by atoms with Gasteiger partial charge in [-0.15, -0.1) is 0 Å². The van der Waals surface area contributed by atoms with Crippen LogP contribution < -0.4 is 5.73 Å². The Morgan fingerprint density at radius 1 is 1.21 bits per heavy atom. The summed E-state index contributed by atoms with van der Waals surface area (Å²) in [6, 6.07) is -0.800. The number of Topliss-reactive ketones (excluding diaryl/α,β-unsaturated/α-hetero) is 1. The minimum atomic E-state index is -1.15. The molecule has 0 spiro atoms. The van der Waals surface area contributed by atoms with Gasteiger partial charge in [-0.2, -0.15) is 4.48 Å². The quantitative estimate of drug-likeness (QED) is 0.282. The minimum Gasteiger partial charge on any atom is -0.318 e. The normalized spacial score (nSPS) is 31.5. The van der Waals surface area contributed by atoms with Gasteiger partial charge in [-0.1, -0.05) is 25.7 Å². The number of ketones is 1. The first kappa shape index (κ1) is 20.9. The van der Waals surface area contributed by atoms with Crippen LogP contribution in [0.4, 0.5) is 4.79 Å². The molecule has 1 saturated heterocycles. The number of nitrogens with zero attached hydrogens (tertiary/aromatic N) is 2. The van der Waals surface area contributed by atoms with Crippen LogP contribution in [-0.4, -0.2) is 57.5 Å². The van der Waals surface area contributed by atoms with Gasteiger partial charge in [0.05, 0.1) is 19.0 Å². The summed E-state index contributed by atoms with van der Waals surface area (Å²) >= 11 is 0. The van der Waals surface area contributed by atoms with Gasteiger partial charge in [0.15, 0.2) is 11.3 Å². The molecule has 0 aromatic carbocycles. The second kappa shape index (κ2) is 7.91. The molecular weight excluding hydrogens is 362 g/mol. The number of likely N-dealkylation sites (tertiary alicyclic amines) is 1. The first-order valence-corrected chi connectivity index (χ1v) is 10.4. The van der Waals surface area contributed by atoms with Gasteiger partial charge in [-0.05, 0) is 32.1 Å². The number of carbonyl (C=O) groups excluding carboxylic acids is 4. The first-order valence-electron chi connectivity index (χ1n) is 10.4. The number of imide groups is 1. The summed E-state index contributed by atoms with van der Waals surface area (Å²) in [5, 5.41) is 10.2. The van der Waals surface area contributed by atoms with Crippen LogP contribution in [0.25, 0.3) is 0 Å². The van der Waals surface area contributed by atoms with Crippen molar-refractivity contribution in [1.82, 2.24) is 5.06 Å². The second-order valence-corrected chi connectivity index (χ2v) is 9.04. The van der Waals surface area contributed by atoms with Crippen molar-refractivity contribution >= 4 is 24.1 Å². The monoisotopic (exact) mass is 394 g/mol. The van der Waals surface area contributed by atoms with Crippen LogP contribution in [0, 0.1) is 17.8 Å². The van der Waals surface area contributed by atoms with E-state index >= 15 is 0 Å². The van der Waals surface area contributed by atoms with Gasteiger partial charge in [0.2, 0.25) is 6.41 Å². The fourth-order valence-electron chi connectivity index (χ4n) is 5.49. The summed E-state index contributed by atoms with van der Waals surface area (Å²) in [5.41, 5.74) is 4.64. The number of quaternary nitrogens is 1. The van der Waals surface area contributed by atoms with E-state index in [9.17, 15) is 24.4 Å². The van der Waals surface area contributed by atoms with E-state index in [1.807, 2.05) is 0 Å². The molecule has 1 unspecified atom stereocenters. The van der Waals surface area contributed by atoms with Crippen LogP contribution in [0.2, 0.25) is 0 Å². The number of nitrogens with two attached hydrogens (primary N) is 1. The Balaban J connectivity index is 1.94. The van der Waals surface area contributed by atoms with Crippen molar-refractivity contribution in [2.24, 2.45) is 23.5 Å². The molecule has 3 aliphatic rings. The molecule has 28 heavy (non-hydrogen) atoms. The number of carbonyl (C=O) groups is 4. The molecule has 3 atom stereocenters. The molecule has 3 N–H and O–H groups in total. The maximum absolute atomic E-state index is 13.8. The Morgan fingerprint density at radius 3 is 2.39 bits per heavy atom. The van der Waals surface area contributed by atoms with E-state index < -0.39 is 27.9 Å². The first-order chi connectivity index (χ1) is 13.3. The molecule has 1 heterocycles. The largest absolute Gasteiger partial charge is 0.422 e. The zero-order valence-electron chi connectivity index (χ0n) is 16.6. The fraction of sp³-hybridized carbons (Fsp3) is 0.800. The van der Waals surface area contributed by atoms with Gasteiger partial charge >= 0.3 is 11.9 Å². The molecule has 3 rings (SSSR count). The number of hydrogen-bond donors (Lipinski definition) is 2. The topological polar surface area (TPSA) is 118 Å². The number of hydroxylamine groups is 2. The molecule has 8 nitrogen and oxygen atoms in total. The third-order valence-corrected chi connectivity index (χ3v) is 7.20. The maximum atomic E-state index is 13.8. The summed E-state index contributed by atoms with van der Waals surface area (Å²) in [7, 11) is 0. The SMILES string of the molecule is C[C@]1(C(=O)C2CC2)CCC[N+]1(C(N)=O)C(=O)[C@H](CC1CCCC1)CN(O)C=O. The van der Waals surface area contributed by atoms with E-state index in [0.29, 0.717) is 30.2 Å². The highest BCUT2D eigenvalue weighted by atomic mass is 16.5. The predicted molar refractivity (Wildman–Crippen MR) is 99.7 cm³/mol. The molecule has 156 valence electrons. The summed E-state index contributed by atoms with van der Waals surface area (Å²) in [6.45, 7) is 1.73. The Labute approximate surface area is 165 Å². The number of amides is 4. The Morgan fingerprint density at radius 2 is 1.86 bits per heavy atom. The Hall–Kier alpha value is -1.80. The maximum Gasteiger partial charge on any atom is 0.422 e. The average molecular weight is 394 g/mol. The van der Waals surface area contributed by atoms with E-state index in [0.717, 1.165) is 38.5 Å². The summed E-state index contributed by atoms with van der Waals surface area (Å²) in [4.78, 5) is 50.6. The van der Waals surface area contributed by atoms with Crippen molar-refractivity contribution in [3.8, 4) is 0 Å². The Bertz CT molecular complexity index is 658. The Kier molecular flexibility index (Phi) is 5.91. The van der Waals surface area contributed by atoms with Crippen molar-refractivity contribution in [2.45, 2.75) is 70.3 Å². The summed E-state index contributed by atoms with van der Waals surface area (Å²) < 4.78 is -0.674. The van der Waals surface area contributed by atoms with E-state index in [-0.39, 0.29) is 31.2 Å². The highest BCUT2D eigenvalue weighted by molar-refractivity contribution is 5.97.